The molecule has 1 aromatic carbocycles. The Hall–Kier alpha value is -1.46. The molecule has 0 bridgehead atoms. The summed E-state index contributed by atoms with van der Waals surface area (Å²) in [7, 11) is 0. The van der Waals surface area contributed by atoms with Gasteiger partial charge in [-0.2, -0.15) is 0 Å². The van der Waals surface area contributed by atoms with Crippen LogP contribution in [0.15, 0.2) is 55.1 Å². The number of ether oxygens (including phenoxy) is 4. The summed E-state index contributed by atoms with van der Waals surface area (Å²) in [5, 5.41) is 0. The van der Waals surface area contributed by atoms with Gasteiger partial charge in [0, 0.05) is 5.56 Å². The Morgan fingerprint density at radius 2 is 2.05 bits per heavy atom. The molecule has 0 aromatic heterocycles. The van der Waals surface area contributed by atoms with Crippen molar-refractivity contribution >= 4 is 0 Å². The lowest BCUT2D eigenvalue weighted by Gasteiger charge is -2.38. The number of fused-ring (bicyclic) bond motifs is 1. The lowest BCUT2D eigenvalue weighted by molar-refractivity contribution is -0.283. The predicted octanol–water partition coefficient (Wildman–Crippen LogP) is 3.36. The van der Waals surface area contributed by atoms with Crippen LogP contribution >= 0.6 is 0 Å². The van der Waals surface area contributed by atoms with Crippen molar-refractivity contribution in [2.24, 2.45) is 0 Å². The van der Waals surface area contributed by atoms with Gasteiger partial charge < -0.3 is 18.9 Å². The summed E-state index contributed by atoms with van der Waals surface area (Å²) in [5.74, 6) is 0. The minimum Gasteiger partial charge on any atom is -0.349 e. The Bertz CT molecular complexity index is 499. The van der Waals surface area contributed by atoms with Crippen LogP contribution in [0.5, 0.6) is 0 Å². The zero-order valence-corrected chi connectivity index (χ0v) is 12.6. The van der Waals surface area contributed by atoms with Crippen LogP contribution in [-0.2, 0) is 18.9 Å². The molecule has 0 spiro atoms. The molecule has 0 N–H and O–H groups in total. The highest BCUT2D eigenvalue weighted by Crippen LogP contribution is 2.30. The molecule has 0 unspecified atom stereocenters. The monoisotopic (exact) mass is 302 g/mol. The van der Waals surface area contributed by atoms with Crippen molar-refractivity contribution in [3.05, 3.63) is 60.7 Å². The highest BCUT2D eigenvalue weighted by Gasteiger charge is 2.35. The fourth-order valence-corrected chi connectivity index (χ4v) is 2.56. The first-order valence-corrected chi connectivity index (χ1v) is 7.75. The van der Waals surface area contributed by atoms with Crippen molar-refractivity contribution in [1.29, 1.82) is 0 Å². The summed E-state index contributed by atoms with van der Waals surface area (Å²) in [5.41, 5.74) is 1.03. The maximum atomic E-state index is 5.96. The summed E-state index contributed by atoms with van der Waals surface area (Å²) in [6.45, 7) is 4.86. The lowest BCUT2D eigenvalue weighted by atomic mass is 10.1. The molecule has 0 amide bonds. The maximum absolute atomic E-state index is 5.96. The lowest BCUT2D eigenvalue weighted by Crippen LogP contribution is -2.45. The second-order valence-corrected chi connectivity index (χ2v) is 5.41. The van der Waals surface area contributed by atoms with Crippen molar-refractivity contribution in [2.45, 2.75) is 37.6 Å². The van der Waals surface area contributed by atoms with Crippen molar-refractivity contribution in [1.82, 2.24) is 0 Å². The van der Waals surface area contributed by atoms with Gasteiger partial charge in [-0.1, -0.05) is 42.5 Å². The number of hydrogen-bond donors (Lipinski definition) is 0. The summed E-state index contributed by atoms with van der Waals surface area (Å²) < 4.78 is 23.3. The van der Waals surface area contributed by atoms with E-state index in [-0.39, 0.29) is 24.8 Å². The third kappa shape index (κ3) is 3.84. The summed E-state index contributed by atoms with van der Waals surface area (Å²) in [6, 6.07) is 9.95. The summed E-state index contributed by atoms with van der Waals surface area (Å²) in [4.78, 5) is 0. The standard InChI is InChI=1S/C18H22O4/c1-2-3-7-12-19-17-11-10-15-16(21-17)13-20-18(22-15)14-8-5-4-6-9-14/h2,4-6,8-11,15-18H,1,3,7,12-13H2/t15-,16+,17-,18+/m0/s1. The highest BCUT2D eigenvalue weighted by molar-refractivity contribution is 5.17. The van der Waals surface area contributed by atoms with E-state index < -0.39 is 0 Å². The van der Waals surface area contributed by atoms with Gasteiger partial charge in [0.2, 0.25) is 0 Å². The topological polar surface area (TPSA) is 36.9 Å². The van der Waals surface area contributed by atoms with E-state index >= 15 is 0 Å². The van der Waals surface area contributed by atoms with Gasteiger partial charge >= 0.3 is 0 Å². The molecule has 4 atom stereocenters. The van der Waals surface area contributed by atoms with Crippen LogP contribution in [0.2, 0.25) is 0 Å². The van der Waals surface area contributed by atoms with E-state index in [2.05, 4.69) is 6.58 Å². The SMILES string of the molecule is C=CCCCO[C@@H]1C=C[C@@H]2O[C@H](c3ccccc3)OC[C@H]2O1. The van der Waals surface area contributed by atoms with Crippen LogP contribution in [0.3, 0.4) is 0 Å². The molecule has 22 heavy (non-hydrogen) atoms. The molecular weight excluding hydrogens is 280 g/mol. The smallest absolute Gasteiger partial charge is 0.184 e. The molecular formula is C18H22O4. The number of hydrogen-bond acceptors (Lipinski definition) is 4. The molecule has 2 aliphatic heterocycles. The first-order valence-electron chi connectivity index (χ1n) is 7.75. The molecule has 4 heteroatoms. The molecule has 1 aromatic rings. The van der Waals surface area contributed by atoms with Crippen LogP contribution < -0.4 is 0 Å². The van der Waals surface area contributed by atoms with Gasteiger partial charge in [-0.25, -0.2) is 0 Å². The van der Waals surface area contributed by atoms with Crippen molar-refractivity contribution in [2.75, 3.05) is 13.2 Å². The van der Waals surface area contributed by atoms with Gasteiger partial charge in [-0.05, 0) is 18.9 Å². The van der Waals surface area contributed by atoms with E-state index in [1.54, 1.807) is 0 Å². The Kier molecular flexibility index (Phi) is 5.40. The molecule has 2 aliphatic rings. The van der Waals surface area contributed by atoms with Gasteiger partial charge in [-0.3, -0.25) is 0 Å². The fourth-order valence-electron chi connectivity index (χ4n) is 2.56. The highest BCUT2D eigenvalue weighted by atomic mass is 16.7. The average molecular weight is 302 g/mol. The Morgan fingerprint density at radius 1 is 1.18 bits per heavy atom. The van der Waals surface area contributed by atoms with E-state index in [1.807, 2.05) is 48.6 Å². The minimum atomic E-state index is -0.333. The molecule has 3 rings (SSSR count). The van der Waals surface area contributed by atoms with Crippen LogP contribution in [-0.4, -0.2) is 31.7 Å². The fraction of sp³-hybridized carbons (Fsp3) is 0.444. The number of unbranched alkanes of at least 4 members (excludes halogenated alkanes) is 1. The number of benzene rings is 1. The largest absolute Gasteiger partial charge is 0.349 e. The third-order valence-corrected chi connectivity index (χ3v) is 3.73. The molecule has 1 fully saturated rings. The van der Waals surface area contributed by atoms with Crippen molar-refractivity contribution in [3.63, 3.8) is 0 Å². The van der Waals surface area contributed by atoms with Crippen molar-refractivity contribution in [3.8, 4) is 0 Å². The minimum absolute atomic E-state index is 0.0908. The predicted molar refractivity (Wildman–Crippen MR) is 83.2 cm³/mol. The Morgan fingerprint density at radius 3 is 2.86 bits per heavy atom. The molecule has 1 saturated heterocycles. The normalized spacial score (nSPS) is 30.7. The van der Waals surface area contributed by atoms with Crippen LogP contribution in [0.1, 0.15) is 24.7 Å². The van der Waals surface area contributed by atoms with Crippen molar-refractivity contribution < 1.29 is 18.9 Å². The molecule has 0 saturated carbocycles. The van der Waals surface area contributed by atoms with E-state index in [9.17, 15) is 0 Å². The molecule has 0 aliphatic carbocycles. The third-order valence-electron chi connectivity index (χ3n) is 3.73. The van der Waals surface area contributed by atoms with E-state index in [0.29, 0.717) is 13.2 Å². The Labute approximate surface area is 131 Å². The van der Waals surface area contributed by atoms with Gasteiger partial charge in [0.05, 0.1) is 13.2 Å². The van der Waals surface area contributed by atoms with Gasteiger partial charge in [0.15, 0.2) is 12.6 Å². The molecule has 4 nitrogen and oxygen atoms in total. The van der Waals surface area contributed by atoms with E-state index in [1.165, 1.54) is 0 Å². The number of allylic oxidation sites excluding steroid dienone is 1. The quantitative estimate of drug-likeness (QED) is 0.596. The second-order valence-electron chi connectivity index (χ2n) is 5.41. The zero-order chi connectivity index (χ0) is 15.2. The zero-order valence-electron chi connectivity index (χ0n) is 12.6. The molecule has 2 heterocycles. The van der Waals surface area contributed by atoms with Crippen LogP contribution in [0, 0.1) is 0 Å². The van der Waals surface area contributed by atoms with Gasteiger partial charge in [0.25, 0.3) is 0 Å². The summed E-state index contributed by atoms with van der Waals surface area (Å²) >= 11 is 0. The number of rotatable bonds is 6. The van der Waals surface area contributed by atoms with Gasteiger partial charge in [-0.15, -0.1) is 6.58 Å². The average Bonchev–Trinajstić information content (AvgIpc) is 2.59. The van der Waals surface area contributed by atoms with Gasteiger partial charge in [0.1, 0.15) is 12.2 Å². The van der Waals surface area contributed by atoms with Crippen LogP contribution in [0.25, 0.3) is 0 Å². The molecule has 0 radical (unpaired) electrons. The van der Waals surface area contributed by atoms with E-state index in [0.717, 1.165) is 18.4 Å². The summed E-state index contributed by atoms with van der Waals surface area (Å²) in [6.07, 6.45) is 6.88. The first-order chi connectivity index (χ1) is 10.9. The Balaban J connectivity index is 1.53. The molecule has 118 valence electrons. The van der Waals surface area contributed by atoms with E-state index in [4.69, 9.17) is 18.9 Å². The first kappa shape index (κ1) is 15.4. The maximum Gasteiger partial charge on any atom is 0.184 e. The second kappa shape index (κ2) is 7.70. The van der Waals surface area contributed by atoms with Crippen LogP contribution in [0.4, 0.5) is 0 Å².